The third kappa shape index (κ3) is 4.39. The van der Waals surface area contributed by atoms with Gasteiger partial charge < -0.3 is 10.1 Å². The van der Waals surface area contributed by atoms with Crippen LogP contribution in [0.25, 0.3) is 11.1 Å². The molecular weight excluding hydrogens is 317 g/mol. The highest BCUT2D eigenvalue weighted by Gasteiger charge is 2.14. The number of piperidine rings is 1. The summed E-state index contributed by atoms with van der Waals surface area (Å²) in [6, 6.07) is 16.3. The molecule has 2 aromatic carbocycles. The van der Waals surface area contributed by atoms with Gasteiger partial charge in [0.2, 0.25) is 0 Å². The largest absolute Gasteiger partial charge is 0.492 e. The predicted octanol–water partition coefficient (Wildman–Crippen LogP) is 4.81. The van der Waals surface area contributed by atoms with Gasteiger partial charge in [-0.15, -0.1) is 12.4 Å². The standard InChI is InChI=1S/C18H20ClNO.ClH/c19-17-12-16(15-4-2-1-3-5-15)6-7-18(17)21-13-14-8-10-20-11-9-14;/h1-7,12,14,20H,8-11,13H2;1H. The Kier molecular flexibility index (Phi) is 6.56. The molecule has 1 saturated heterocycles. The fourth-order valence-corrected chi connectivity index (χ4v) is 2.92. The summed E-state index contributed by atoms with van der Waals surface area (Å²) in [6.45, 7) is 2.94. The molecule has 0 bridgehead atoms. The fourth-order valence-electron chi connectivity index (χ4n) is 2.68. The van der Waals surface area contributed by atoms with Gasteiger partial charge in [0.15, 0.2) is 0 Å². The second kappa shape index (κ2) is 8.42. The monoisotopic (exact) mass is 337 g/mol. The van der Waals surface area contributed by atoms with Crippen LogP contribution in [0.3, 0.4) is 0 Å². The molecule has 1 heterocycles. The minimum absolute atomic E-state index is 0. The molecule has 22 heavy (non-hydrogen) atoms. The molecular formula is C18H21Cl2NO. The zero-order valence-electron chi connectivity index (χ0n) is 12.4. The molecule has 118 valence electrons. The number of hydrogen-bond acceptors (Lipinski definition) is 2. The third-order valence-corrected chi connectivity index (χ3v) is 4.27. The maximum Gasteiger partial charge on any atom is 0.137 e. The minimum Gasteiger partial charge on any atom is -0.492 e. The Morgan fingerprint density at radius 2 is 1.73 bits per heavy atom. The Labute approximate surface area is 143 Å². The Morgan fingerprint density at radius 3 is 2.41 bits per heavy atom. The van der Waals surface area contributed by atoms with Crippen LogP contribution in [0, 0.1) is 5.92 Å². The van der Waals surface area contributed by atoms with Crippen LogP contribution in [0.15, 0.2) is 48.5 Å². The predicted molar refractivity (Wildman–Crippen MR) is 95.2 cm³/mol. The lowest BCUT2D eigenvalue weighted by Crippen LogP contribution is -2.30. The highest BCUT2D eigenvalue weighted by atomic mass is 35.5. The van der Waals surface area contributed by atoms with Crippen molar-refractivity contribution >= 4 is 24.0 Å². The van der Waals surface area contributed by atoms with Crippen LogP contribution in [0.1, 0.15) is 12.8 Å². The zero-order valence-corrected chi connectivity index (χ0v) is 14.0. The number of nitrogens with one attached hydrogen (secondary N) is 1. The molecule has 4 heteroatoms. The lowest BCUT2D eigenvalue weighted by atomic mass is 9.99. The average Bonchev–Trinajstić information content (AvgIpc) is 2.55. The first kappa shape index (κ1) is 17.1. The highest BCUT2D eigenvalue weighted by molar-refractivity contribution is 6.32. The smallest absolute Gasteiger partial charge is 0.137 e. The maximum absolute atomic E-state index is 6.36. The summed E-state index contributed by atoms with van der Waals surface area (Å²) in [5.74, 6) is 1.42. The van der Waals surface area contributed by atoms with Crippen molar-refractivity contribution in [2.45, 2.75) is 12.8 Å². The molecule has 0 aliphatic carbocycles. The van der Waals surface area contributed by atoms with E-state index in [2.05, 4.69) is 23.5 Å². The van der Waals surface area contributed by atoms with Crippen molar-refractivity contribution in [2.24, 2.45) is 5.92 Å². The van der Waals surface area contributed by atoms with Gasteiger partial charge in [0, 0.05) is 0 Å². The van der Waals surface area contributed by atoms with Gasteiger partial charge in [0.05, 0.1) is 11.6 Å². The molecule has 2 aromatic rings. The molecule has 0 saturated carbocycles. The van der Waals surface area contributed by atoms with E-state index in [1.165, 1.54) is 18.4 Å². The van der Waals surface area contributed by atoms with Gasteiger partial charge >= 0.3 is 0 Å². The summed E-state index contributed by atoms with van der Waals surface area (Å²) in [5.41, 5.74) is 2.29. The zero-order chi connectivity index (χ0) is 14.5. The van der Waals surface area contributed by atoms with Crippen molar-refractivity contribution in [1.29, 1.82) is 0 Å². The van der Waals surface area contributed by atoms with Crippen LogP contribution < -0.4 is 10.1 Å². The van der Waals surface area contributed by atoms with E-state index in [-0.39, 0.29) is 12.4 Å². The Bertz CT molecular complexity index is 583. The van der Waals surface area contributed by atoms with Crippen LogP contribution in [0.2, 0.25) is 5.02 Å². The molecule has 2 nitrogen and oxygen atoms in total. The molecule has 1 fully saturated rings. The molecule has 0 atom stereocenters. The number of benzene rings is 2. The van der Waals surface area contributed by atoms with E-state index in [0.29, 0.717) is 10.9 Å². The number of ether oxygens (including phenoxy) is 1. The lowest BCUT2D eigenvalue weighted by molar-refractivity contribution is 0.215. The molecule has 0 radical (unpaired) electrons. The number of rotatable bonds is 4. The summed E-state index contributed by atoms with van der Waals surface area (Å²) in [5, 5.41) is 4.05. The molecule has 3 rings (SSSR count). The minimum atomic E-state index is 0. The molecule has 1 aliphatic rings. The van der Waals surface area contributed by atoms with E-state index in [0.717, 1.165) is 31.0 Å². The van der Waals surface area contributed by atoms with Crippen LogP contribution in [0.4, 0.5) is 0 Å². The first-order chi connectivity index (χ1) is 10.3. The van der Waals surface area contributed by atoms with Gasteiger partial charge in [-0.2, -0.15) is 0 Å². The summed E-state index contributed by atoms with van der Waals surface area (Å²) >= 11 is 6.36. The van der Waals surface area contributed by atoms with E-state index in [4.69, 9.17) is 16.3 Å². The quantitative estimate of drug-likeness (QED) is 0.864. The topological polar surface area (TPSA) is 21.3 Å². The van der Waals surface area contributed by atoms with E-state index in [1.807, 2.05) is 30.3 Å². The second-order valence-corrected chi connectivity index (χ2v) is 5.92. The Morgan fingerprint density at radius 1 is 1.00 bits per heavy atom. The van der Waals surface area contributed by atoms with Crippen LogP contribution in [0.5, 0.6) is 5.75 Å². The van der Waals surface area contributed by atoms with E-state index in [9.17, 15) is 0 Å². The molecule has 0 spiro atoms. The fraction of sp³-hybridized carbons (Fsp3) is 0.333. The van der Waals surface area contributed by atoms with Gasteiger partial charge in [-0.05, 0) is 55.1 Å². The van der Waals surface area contributed by atoms with Gasteiger partial charge in [-0.3, -0.25) is 0 Å². The van der Waals surface area contributed by atoms with Crippen LogP contribution in [-0.2, 0) is 0 Å². The first-order valence-corrected chi connectivity index (χ1v) is 7.89. The Hall–Kier alpha value is -1.22. The van der Waals surface area contributed by atoms with Crippen LogP contribution in [-0.4, -0.2) is 19.7 Å². The summed E-state index contributed by atoms with van der Waals surface area (Å²) in [4.78, 5) is 0. The molecule has 1 N–H and O–H groups in total. The van der Waals surface area contributed by atoms with Crippen molar-refractivity contribution < 1.29 is 4.74 Å². The van der Waals surface area contributed by atoms with Crippen molar-refractivity contribution in [3.63, 3.8) is 0 Å². The van der Waals surface area contributed by atoms with E-state index >= 15 is 0 Å². The molecule has 0 amide bonds. The van der Waals surface area contributed by atoms with E-state index < -0.39 is 0 Å². The summed E-state index contributed by atoms with van der Waals surface area (Å²) in [7, 11) is 0. The van der Waals surface area contributed by atoms with Crippen molar-refractivity contribution in [3.05, 3.63) is 53.6 Å². The average molecular weight is 338 g/mol. The van der Waals surface area contributed by atoms with E-state index in [1.54, 1.807) is 0 Å². The van der Waals surface area contributed by atoms with Crippen molar-refractivity contribution in [3.8, 4) is 16.9 Å². The number of hydrogen-bond donors (Lipinski definition) is 1. The van der Waals surface area contributed by atoms with Gasteiger partial charge in [-0.25, -0.2) is 0 Å². The summed E-state index contributed by atoms with van der Waals surface area (Å²) < 4.78 is 5.91. The van der Waals surface area contributed by atoms with Gasteiger partial charge in [-0.1, -0.05) is 48.0 Å². The highest BCUT2D eigenvalue weighted by Crippen LogP contribution is 2.31. The van der Waals surface area contributed by atoms with Crippen LogP contribution >= 0.6 is 24.0 Å². The third-order valence-electron chi connectivity index (χ3n) is 3.97. The molecule has 0 unspecified atom stereocenters. The molecule has 1 aliphatic heterocycles. The van der Waals surface area contributed by atoms with Gasteiger partial charge in [0.1, 0.15) is 5.75 Å². The maximum atomic E-state index is 6.36. The first-order valence-electron chi connectivity index (χ1n) is 7.51. The van der Waals surface area contributed by atoms with Crippen molar-refractivity contribution in [2.75, 3.05) is 19.7 Å². The number of halogens is 2. The SMILES string of the molecule is Cl.Clc1cc(-c2ccccc2)ccc1OCC1CCNCC1. The Balaban J connectivity index is 0.00000176. The second-order valence-electron chi connectivity index (χ2n) is 5.52. The summed E-state index contributed by atoms with van der Waals surface area (Å²) in [6.07, 6.45) is 2.36. The lowest BCUT2D eigenvalue weighted by Gasteiger charge is -2.23. The molecule has 0 aromatic heterocycles. The van der Waals surface area contributed by atoms with Crippen molar-refractivity contribution in [1.82, 2.24) is 5.32 Å². The normalized spacial score (nSPS) is 15.1. The van der Waals surface area contributed by atoms with Gasteiger partial charge in [0.25, 0.3) is 0 Å².